The van der Waals surface area contributed by atoms with E-state index in [0.29, 0.717) is 30.7 Å². The van der Waals surface area contributed by atoms with Crippen molar-refractivity contribution < 1.29 is 22.7 Å². The Balaban J connectivity index is 1.40. The summed E-state index contributed by atoms with van der Waals surface area (Å²) in [4.78, 5) is 33.7. The maximum Gasteiger partial charge on any atom is 0.243 e. The zero-order chi connectivity index (χ0) is 34.5. The van der Waals surface area contributed by atoms with E-state index >= 15 is 0 Å². The van der Waals surface area contributed by atoms with E-state index in [2.05, 4.69) is 15.0 Å². The lowest BCUT2D eigenvalue weighted by atomic mass is 10.0. The molecule has 4 rings (SSSR count). The summed E-state index contributed by atoms with van der Waals surface area (Å²) in [7, 11) is -4.31. The van der Waals surface area contributed by atoms with Gasteiger partial charge in [-0.25, -0.2) is 13.4 Å². The number of aromatic nitrogens is 1. The van der Waals surface area contributed by atoms with E-state index in [1.54, 1.807) is 11.0 Å². The van der Waals surface area contributed by atoms with Crippen LogP contribution in [0, 0.1) is 12.3 Å². The van der Waals surface area contributed by atoms with E-state index in [1.165, 1.54) is 30.9 Å². The Morgan fingerprint density at radius 3 is 2.45 bits per heavy atom. The van der Waals surface area contributed by atoms with Gasteiger partial charge < -0.3 is 31.3 Å². The van der Waals surface area contributed by atoms with Crippen molar-refractivity contribution in [2.75, 3.05) is 32.7 Å². The number of fused-ring (bicyclic) bond motifs is 1. The lowest BCUT2D eigenvalue weighted by molar-refractivity contribution is -0.143. The van der Waals surface area contributed by atoms with Crippen molar-refractivity contribution in [2.45, 2.75) is 56.7 Å². The highest BCUT2D eigenvalue weighted by Crippen LogP contribution is 2.34. The minimum Gasteiger partial charge on any atom is -0.487 e. The van der Waals surface area contributed by atoms with Gasteiger partial charge in [0.2, 0.25) is 21.8 Å². The van der Waals surface area contributed by atoms with Gasteiger partial charge in [0.15, 0.2) is 5.96 Å². The lowest BCUT2D eigenvalue weighted by Gasteiger charge is -2.39. The van der Waals surface area contributed by atoms with Crippen LogP contribution >= 0.6 is 23.2 Å². The summed E-state index contributed by atoms with van der Waals surface area (Å²) in [6, 6.07) is 11.3. The number of benzene rings is 2. The van der Waals surface area contributed by atoms with Gasteiger partial charge >= 0.3 is 0 Å². The van der Waals surface area contributed by atoms with Crippen LogP contribution in [0.2, 0.25) is 10.0 Å². The molecule has 1 aromatic heterocycles. The number of nitrogens with two attached hydrogens (primary N) is 2. The van der Waals surface area contributed by atoms with E-state index < -0.39 is 27.5 Å². The summed E-state index contributed by atoms with van der Waals surface area (Å²) in [5.74, 6) is -0.349. The van der Waals surface area contributed by atoms with E-state index in [-0.39, 0.29) is 65.2 Å². The van der Waals surface area contributed by atoms with Crippen LogP contribution in [-0.4, -0.2) is 85.3 Å². The minimum absolute atomic E-state index is 0.125. The predicted octanol–water partition coefficient (Wildman–Crippen LogP) is 2.75. The van der Waals surface area contributed by atoms with Crippen molar-refractivity contribution in [3.63, 3.8) is 0 Å². The predicted molar refractivity (Wildman–Crippen MR) is 182 cm³/mol. The van der Waals surface area contributed by atoms with Gasteiger partial charge in [-0.2, -0.15) is 4.72 Å². The van der Waals surface area contributed by atoms with Gasteiger partial charge in [-0.3, -0.25) is 15.0 Å². The summed E-state index contributed by atoms with van der Waals surface area (Å²) < 4.78 is 35.8. The SMILES string of the molecule is Cc1ccc2cccc(OCc3c(Cl)ccc(S(=O)(=O)NC(C)(C)C(=O)N4CCN(C(=O)[C@H](N)CCCNC(=N)N)CC4)c3Cl)c2n1. The number of para-hydroxylation sites is 1. The summed E-state index contributed by atoms with van der Waals surface area (Å²) in [6.07, 6.45) is 0.973. The third-order valence-corrected chi connectivity index (χ3v) is 10.4. The van der Waals surface area contributed by atoms with Crippen LogP contribution in [0.5, 0.6) is 5.75 Å². The van der Waals surface area contributed by atoms with Gasteiger partial charge in [-0.1, -0.05) is 41.4 Å². The summed E-state index contributed by atoms with van der Waals surface area (Å²) in [6.45, 7) is 6.05. The second-order valence-electron chi connectivity index (χ2n) is 11.8. The third-order valence-electron chi connectivity index (χ3n) is 7.76. The lowest BCUT2D eigenvalue weighted by Crippen LogP contribution is -2.61. The standard InChI is InChI=1S/C31H40Cl2N8O5S/c1-19-9-10-20-6-4-8-24(27(20)38-19)46-18-21-22(32)11-12-25(26(21)33)47(44,45)39-31(2,3)29(43)41-16-14-40(15-17-41)28(42)23(34)7-5-13-37-30(35)36/h4,6,8-12,23,39H,5,7,13-18,34H2,1-3H3,(H4,35,36,37)/t23-/m1/s1. The highest BCUT2D eigenvalue weighted by molar-refractivity contribution is 7.89. The van der Waals surface area contributed by atoms with Gasteiger partial charge in [-0.05, 0) is 57.9 Å². The average Bonchev–Trinajstić information content (AvgIpc) is 3.01. The van der Waals surface area contributed by atoms with Gasteiger partial charge in [0.1, 0.15) is 28.3 Å². The Labute approximate surface area is 284 Å². The molecule has 2 amide bonds. The molecule has 2 aromatic carbocycles. The Morgan fingerprint density at radius 2 is 1.77 bits per heavy atom. The quantitative estimate of drug-likeness (QED) is 0.107. The molecule has 47 heavy (non-hydrogen) atoms. The van der Waals surface area contributed by atoms with Crippen LogP contribution in [0.1, 0.15) is 37.9 Å². The van der Waals surface area contributed by atoms with Crippen LogP contribution in [0.15, 0.2) is 47.4 Å². The molecule has 0 saturated carbocycles. The zero-order valence-corrected chi connectivity index (χ0v) is 28.8. The van der Waals surface area contributed by atoms with Crippen LogP contribution in [0.25, 0.3) is 10.9 Å². The summed E-state index contributed by atoms with van der Waals surface area (Å²) in [5, 5.41) is 10.8. The number of nitrogens with one attached hydrogen (secondary N) is 3. The Morgan fingerprint density at radius 1 is 1.09 bits per heavy atom. The number of aryl methyl sites for hydroxylation is 1. The molecule has 0 unspecified atom stereocenters. The molecule has 0 bridgehead atoms. The van der Waals surface area contributed by atoms with Crippen LogP contribution in [0.3, 0.4) is 0 Å². The number of nitrogens with zero attached hydrogens (tertiary/aromatic N) is 3. The van der Waals surface area contributed by atoms with Gasteiger partial charge in [0.05, 0.1) is 11.1 Å². The largest absolute Gasteiger partial charge is 0.487 e. The molecule has 0 aliphatic carbocycles. The van der Waals surface area contributed by atoms with Crippen LogP contribution in [-0.2, 0) is 26.2 Å². The second kappa shape index (κ2) is 15.0. The highest BCUT2D eigenvalue weighted by atomic mass is 35.5. The minimum atomic E-state index is -4.31. The first-order chi connectivity index (χ1) is 22.1. The molecule has 1 atom stereocenters. The van der Waals surface area contributed by atoms with E-state index in [0.717, 1.165) is 11.1 Å². The number of halogens is 2. The van der Waals surface area contributed by atoms with Gasteiger partial charge in [-0.15, -0.1) is 0 Å². The van der Waals surface area contributed by atoms with Crippen molar-refractivity contribution in [3.8, 4) is 5.75 Å². The number of rotatable bonds is 12. The fourth-order valence-electron chi connectivity index (χ4n) is 5.26. The molecule has 1 saturated heterocycles. The van der Waals surface area contributed by atoms with Crippen molar-refractivity contribution >= 4 is 61.9 Å². The molecule has 13 nitrogen and oxygen atoms in total. The normalized spacial score (nSPS) is 14.6. The molecule has 2 heterocycles. The first-order valence-electron chi connectivity index (χ1n) is 15.0. The van der Waals surface area contributed by atoms with Crippen molar-refractivity contribution in [2.24, 2.45) is 11.5 Å². The number of hydrogen-bond acceptors (Lipinski definition) is 8. The average molecular weight is 708 g/mol. The Kier molecular flexibility index (Phi) is 11.6. The first-order valence-corrected chi connectivity index (χ1v) is 17.3. The molecule has 1 fully saturated rings. The number of sulfonamides is 1. The fourth-order valence-corrected chi connectivity index (χ4v) is 7.52. The van der Waals surface area contributed by atoms with Crippen molar-refractivity contribution in [1.29, 1.82) is 5.41 Å². The number of ether oxygens (including phenoxy) is 1. The van der Waals surface area contributed by atoms with Gasteiger partial charge in [0, 0.05) is 54.4 Å². The molecular weight excluding hydrogens is 667 g/mol. The summed E-state index contributed by atoms with van der Waals surface area (Å²) in [5.41, 5.74) is 11.5. The van der Waals surface area contributed by atoms with Crippen LogP contribution < -0.4 is 26.2 Å². The number of carbonyl (C=O) groups is 2. The highest BCUT2D eigenvalue weighted by Gasteiger charge is 2.39. The molecule has 1 aliphatic heterocycles. The maximum atomic E-state index is 13.6. The molecular formula is C31H40Cl2N8O5S. The van der Waals surface area contributed by atoms with Crippen molar-refractivity contribution in [1.82, 2.24) is 24.8 Å². The molecule has 254 valence electrons. The Hall–Kier alpha value is -3.69. The van der Waals surface area contributed by atoms with E-state index in [4.69, 9.17) is 44.8 Å². The fraction of sp³-hybridized carbons (Fsp3) is 0.419. The topological polar surface area (TPSA) is 197 Å². The molecule has 1 aliphatic rings. The number of hydrogen-bond donors (Lipinski definition) is 5. The van der Waals surface area contributed by atoms with Crippen LogP contribution in [0.4, 0.5) is 0 Å². The third kappa shape index (κ3) is 8.82. The van der Waals surface area contributed by atoms with E-state index in [9.17, 15) is 18.0 Å². The molecule has 0 radical (unpaired) electrons. The second-order valence-corrected chi connectivity index (χ2v) is 14.3. The maximum absolute atomic E-state index is 13.6. The molecule has 7 N–H and O–H groups in total. The monoisotopic (exact) mass is 706 g/mol. The number of amides is 2. The smallest absolute Gasteiger partial charge is 0.243 e. The first kappa shape index (κ1) is 36.2. The van der Waals surface area contributed by atoms with Crippen molar-refractivity contribution in [3.05, 3.63) is 63.8 Å². The number of carbonyl (C=O) groups excluding carboxylic acids is 2. The Bertz CT molecular complexity index is 1760. The van der Waals surface area contributed by atoms with E-state index in [1.807, 2.05) is 31.2 Å². The molecule has 0 spiro atoms. The molecule has 3 aromatic rings. The molecule has 16 heteroatoms. The van der Waals surface area contributed by atoms with Gasteiger partial charge in [0.25, 0.3) is 0 Å². The zero-order valence-electron chi connectivity index (χ0n) is 26.5. The summed E-state index contributed by atoms with van der Waals surface area (Å²) >= 11 is 13.1. The number of guanidine groups is 1. The number of piperazine rings is 1. The number of pyridine rings is 1.